The van der Waals surface area contributed by atoms with E-state index in [2.05, 4.69) is 10.6 Å². The number of nitrogens with two attached hydrogens (primary N) is 1. The smallest absolute Gasteiger partial charge is 0.251 e. The lowest BCUT2D eigenvalue weighted by atomic mass is 10.1. The van der Waals surface area contributed by atoms with Crippen molar-refractivity contribution in [3.05, 3.63) is 29.3 Å². The fourth-order valence-electron chi connectivity index (χ4n) is 1.72. The summed E-state index contributed by atoms with van der Waals surface area (Å²) in [5, 5.41) is 5.44. The van der Waals surface area contributed by atoms with E-state index in [-0.39, 0.29) is 12.1 Å². The molecule has 7 heteroatoms. The molecule has 1 fully saturated rings. The third-order valence-electron chi connectivity index (χ3n) is 2.96. The maximum absolute atomic E-state index is 13.5. The highest BCUT2D eigenvalue weighted by Crippen LogP contribution is 2.20. The summed E-state index contributed by atoms with van der Waals surface area (Å²) in [6.45, 7) is 0.488. The largest absolute Gasteiger partial charge is 0.366 e. The zero-order valence-electron chi connectivity index (χ0n) is 10.7. The number of benzene rings is 1. The summed E-state index contributed by atoms with van der Waals surface area (Å²) in [7, 11) is 0. The second-order valence-corrected chi connectivity index (χ2v) is 4.70. The lowest BCUT2D eigenvalue weighted by molar-refractivity contribution is -0.116. The third kappa shape index (κ3) is 3.74. The molecule has 108 valence electrons. The van der Waals surface area contributed by atoms with Crippen LogP contribution in [0.5, 0.6) is 0 Å². The van der Waals surface area contributed by atoms with Gasteiger partial charge in [0.25, 0.3) is 5.91 Å². The SMILES string of the molecule is NC(=O)c1cc(NC(=O)CCNC2CC2)c(F)cc1F. The Balaban J connectivity index is 1.98. The van der Waals surface area contributed by atoms with Gasteiger partial charge in [-0.2, -0.15) is 0 Å². The standard InChI is InChI=1S/C13H15F2N3O2/c14-9-6-10(15)11(5-8(9)13(16)20)18-12(19)3-4-17-7-1-2-7/h5-7,17H,1-4H2,(H2,16,20)(H,18,19). The Morgan fingerprint density at radius 1 is 1.25 bits per heavy atom. The minimum absolute atomic E-state index is 0.166. The molecule has 0 aliphatic heterocycles. The molecule has 1 aromatic rings. The molecule has 0 radical (unpaired) electrons. The van der Waals surface area contributed by atoms with Crippen LogP contribution in [0.2, 0.25) is 0 Å². The lowest BCUT2D eigenvalue weighted by Crippen LogP contribution is -2.24. The highest BCUT2D eigenvalue weighted by atomic mass is 19.1. The van der Waals surface area contributed by atoms with Gasteiger partial charge in [0.05, 0.1) is 11.3 Å². The maximum Gasteiger partial charge on any atom is 0.251 e. The van der Waals surface area contributed by atoms with E-state index in [1.165, 1.54) is 0 Å². The number of amides is 2. The lowest BCUT2D eigenvalue weighted by Gasteiger charge is -2.09. The van der Waals surface area contributed by atoms with Crippen LogP contribution in [-0.2, 0) is 4.79 Å². The minimum Gasteiger partial charge on any atom is -0.366 e. The van der Waals surface area contributed by atoms with Crippen LogP contribution in [0.15, 0.2) is 12.1 Å². The summed E-state index contributed by atoms with van der Waals surface area (Å²) in [4.78, 5) is 22.6. The third-order valence-corrected chi connectivity index (χ3v) is 2.96. The normalized spacial score (nSPS) is 14.1. The second kappa shape index (κ2) is 5.96. The van der Waals surface area contributed by atoms with Crippen molar-refractivity contribution in [3.8, 4) is 0 Å². The van der Waals surface area contributed by atoms with Crippen molar-refractivity contribution >= 4 is 17.5 Å². The van der Waals surface area contributed by atoms with Crippen molar-refractivity contribution < 1.29 is 18.4 Å². The first-order chi connectivity index (χ1) is 9.47. The van der Waals surface area contributed by atoms with Gasteiger partial charge in [-0.25, -0.2) is 8.78 Å². The van der Waals surface area contributed by atoms with E-state index in [1.54, 1.807) is 0 Å². The first kappa shape index (κ1) is 14.4. The first-order valence-electron chi connectivity index (χ1n) is 6.29. The summed E-state index contributed by atoms with van der Waals surface area (Å²) in [5.41, 5.74) is 4.25. The number of rotatable bonds is 6. The molecule has 0 aromatic heterocycles. The minimum atomic E-state index is -1.05. The molecule has 1 aliphatic rings. The van der Waals surface area contributed by atoms with Crippen molar-refractivity contribution in [2.45, 2.75) is 25.3 Å². The topological polar surface area (TPSA) is 84.2 Å². The predicted molar refractivity (Wildman–Crippen MR) is 69.1 cm³/mol. The van der Waals surface area contributed by atoms with Gasteiger partial charge in [0, 0.05) is 25.1 Å². The molecule has 2 rings (SSSR count). The molecule has 20 heavy (non-hydrogen) atoms. The van der Waals surface area contributed by atoms with Gasteiger partial charge >= 0.3 is 0 Å². The average molecular weight is 283 g/mol. The molecule has 0 bridgehead atoms. The Hall–Kier alpha value is -2.02. The number of carbonyl (C=O) groups is 2. The van der Waals surface area contributed by atoms with E-state index < -0.39 is 29.0 Å². The molecule has 1 saturated carbocycles. The van der Waals surface area contributed by atoms with Crippen LogP contribution in [-0.4, -0.2) is 24.4 Å². The molecule has 0 heterocycles. The van der Waals surface area contributed by atoms with Crippen molar-refractivity contribution in [1.29, 1.82) is 0 Å². The van der Waals surface area contributed by atoms with Crippen molar-refractivity contribution in [3.63, 3.8) is 0 Å². The Bertz CT molecular complexity index is 545. The summed E-state index contributed by atoms with van der Waals surface area (Å²) < 4.78 is 26.7. The number of primary amides is 1. The van der Waals surface area contributed by atoms with E-state index in [0.717, 1.165) is 18.9 Å². The molecular weight excluding hydrogens is 268 g/mol. The first-order valence-corrected chi connectivity index (χ1v) is 6.29. The Morgan fingerprint density at radius 2 is 1.95 bits per heavy atom. The van der Waals surface area contributed by atoms with Gasteiger partial charge in [0.15, 0.2) is 0 Å². The number of carbonyl (C=O) groups excluding carboxylic acids is 2. The van der Waals surface area contributed by atoms with E-state index in [9.17, 15) is 18.4 Å². The molecule has 1 aromatic carbocycles. The van der Waals surface area contributed by atoms with Crippen LogP contribution in [0.3, 0.4) is 0 Å². The highest BCUT2D eigenvalue weighted by Gasteiger charge is 2.20. The van der Waals surface area contributed by atoms with Gasteiger partial charge in [-0.3, -0.25) is 9.59 Å². The van der Waals surface area contributed by atoms with Crippen LogP contribution in [0, 0.1) is 11.6 Å². The Morgan fingerprint density at radius 3 is 2.55 bits per heavy atom. The molecule has 1 aliphatic carbocycles. The fourth-order valence-corrected chi connectivity index (χ4v) is 1.72. The molecule has 0 spiro atoms. The quantitative estimate of drug-likeness (QED) is 0.732. The van der Waals surface area contributed by atoms with Gasteiger partial charge < -0.3 is 16.4 Å². The molecular formula is C13H15F2N3O2. The predicted octanol–water partition coefficient (Wildman–Crippen LogP) is 1.14. The van der Waals surface area contributed by atoms with Crippen molar-refractivity contribution in [2.75, 3.05) is 11.9 Å². The van der Waals surface area contributed by atoms with Crippen molar-refractivity contribution in [2.24, 2.45) is 5.73 Å². The zero-order chi connectivity index (χ0) is 14.7. The molecule has 0 unspecified atom stereocenters. The number of hydrogen-bond donors (Lipinski definition) is 3. The van der Waals surface area contributed by atoms with Crippen LogP contribution in [0.4, 0.5) is 14.5 Å². The van der Waals surface area contributed by atoms with Gasteiger partial charge in [-0.15, -0.1) is 0 Å². The van der Waals surface area contributed by atoms with Crippen LogP contribution in [0.1, 0.15) is 29.6 Å². The Kier molecular flexibility index (Phi) is 4.29. The summed E-state index contributed by atoms with van der Waals surface area (Å²) in [5.74, 6) is -3.44. The number of halogens is 2. The highest BCUT2D eigenvalue weighted by molar-refractivity contribution is 5.96. The molecule has 2 amide bonds. The number of nitrogens with one attached hydrogen (secondary N) is 2. The van der Waals surface area contributed by atoms with Gasteiger partial charge in [-0.05, 0) is 18.9 Å². The fraction of sp³-hybridized carbons (Fsp3) is 0.385. The maximum atomic E-state index is 13.5. The van der Waals surface area contributed by atoms with Crippen LogP contribution < -0.4 is 16.4 Å². The zero-order valence-corrected chi connectivity index (χ0v) is 10.7. The van der Waals surface area contributed by atoms with Gasteiger partial charge in [0.2, 0.25) is 5.91 Å². The summed E-state index contributed by atoms with van der Waals surface area (Å²) in [6.07, 6.45) is 2.38. The molecule has 4 N–H and O–H groups in total. The molecule has 5 nitrogen and oxygen atoms in total. The van der Waals surface area contributed by atoms with Crippen molar-refractivity contribution in [1.82, 2.24) is 5.32 Å². The average Bonchev–Trinajstić information content (AvgIpc) is 3.16. The van der Waals surface area contributed by atoms with E-state index >= 15 is 0 Å². The summed E-state index contributed by atoms with van der Waals surface area (Å²) in [6, 6.07) is 1.91. The molecule has 0 atom stereocenters. The van der Waals surface area contributed by atoms with Gasteiger partial charge in [-0.1, -0.05) is 0 Å². The van der Waals surface area contributed by atoms with Crippen LogP contribution >= 0.6 is 0 Å². The van der Waals surface area contributed by atoms with E-state index in [1.807, 2.05) is 0 Å². The number of anilines is 1. The van der Waals surface area contributed by atoms with E-state index in [4.69, 9.17) is 5.73 Å². The number of hydrogen-bond acceptors (Lipinski definition) is 3. The van der Waals surface area contributed by atoms with E-state index in [0.29, 0.717) is 18.7 Å². The van der Waals surface area contributed by atoms with Gasteiger partial charge in [0.1, 0.15) is 11.6 Å². The monoisotopic (exact) mass is 283 g/mol. The second-order valence-electron chi connectivity index (χ2n) is 4.70. The Labute approximate surface area is 114 Å². The molecule has 0 saturated heterocycles. The van der Waals surface area contributed by atoms with Crippen LogP contribution in [0.25, 0.3) is 0 Å². The summed E-state index contributed by atoms with van der Waals surface area (Å²) >= 11 is 0.